The fourth-order valence-electron chi connectivity index (χ4n) is 5.46. The highest BCUT2D eigenvalue weighted by Gasteiger charge is 2.09. The summed E-state index contributed by atoms with van der Waals surface area (Å²) in [4.78, 5) is 22.6. The largest absolute Gasteiger partial charge is 0.481 e. The molecule has 4 heteroatoms. The molecule has 0 aromatic heterocycles. The molecule has 0 saturated carbocycles. The van der Waals surface area contributed by atoms with E-state index < -0.39 is 5.97 Å². The molecule has 0 aromatic carbocycles. The first-order valence-corrected chi connectivity index (χ1v) is 17.5. The van der Waals surface area contributed by atoms with Gasteiger partial charge in [0.15, 0.2) is 0 Å². The zero-order valence-electron chi connectivity index (χ0n) is 26.5. The summed E-state index contributed by atoms with van der Waals surface area (Å²) >= 11 is 0. The molecule has 1 N–H and O–H groups in total. The van der Waals surface area contributed by atoms with Crippen LogP contribution in [0.15, 0.2) is 0 Å². The quantitative estimate of drug-likeness (QED) is 0.0665. The molecule has 0 aliphatic carbocycles. The second kappa shape index (κ2) is 31.5. The van der Waals surface area contributed by atoms with Gasteiger partial charge in [-0.15, -0.1) is 0 Å². The summed E-state index contributed by atoms with van der Waals surface area (Å²) < 4.78 is 5.62. The van der Waals surface area contributed by atoms with Crippen molar-refractivity contribution in [3.63, 3.8) is 0 Å². The number of hydrogen-bond acceptors (Lipinski definition) is 3. The first kappa shape index (κ1) is 37.9. The zero-order chi connectivity index (χ0) is 28.7. The van der Waals surface area contributed by atoms with E-state index in [0.29, 0.717) is 12.8 Å². The van der Waals surface area contributed by atoms with Gasteiger partial charge in [-0.3, -0.25) is 9.59 Å². The van der Waals surface area contributed by atoms with E-state index >= 15 is 0 Å². The highest BCUT2D eigenvalue weighted by Crippen LogP contribution is 2.16. The van der Waals surface area contributed by atoms with E-state index in [-0.39, 0.29) is 12.1 Å². The number of aliphatic carboxylic acids is 1. The lowest BCUT2D eigenvalue weighted by molar-refractivity contribution is -0.148. The van der Waals surface area contributed by atoms with Crippen LogP contribution >= 0.6 is 0 Å². The smallest absolute Gasteiger partial charge is 0.306 e. The van der Waals surface area contributed by atoms with Crippen LogP contribution in [0, 0.1) is 0 Å². The molecule has 4 nitrogen and oxygen atoms in total. The molecule has 39 heavy (non-hydrogen) atoms. The highest BCUT2D eigenvalue weighted by molar-refractivity contribution is 5.69. The Labute approximate surface area is 243 Å². The molecule has 0 aliphatic rings. The summed E-state index contributed by atoms with van der Waals surface area (Å²) in [6.45, 7) is 4.33. The van der Waals surface area contributed by atoms with Gasteiger partial charge in [0.2, 0.25) is 0 Å². The Bertz CT molecular complexity index is 519. The van der Waals surface area contributed by atoms with Crippen LogP contribution in [0.4, 0.5) is 0 Å². The summed E-state index contributed by atoms with van der Waals surface area (Å²) in [5.41, 5.74) is 0. The Balaban J connectivity index is 3.27. The third kappa shape index (κ3) is 33.0. The van der Waals surface area contributed by atoms with Gasteiger partial charge in [-0.25, -0.2) is 0 Å². The van der Waals surface area contributed by atoms with Gasteiger partial charge in [-0.05, 0) is 32.6 Å². The molecule has 0 saturated heterocycles. The van der Waals surface area contributed by atoms with Crippen LogP contribution in [0.5, 0.6) is 0 Å². The van der Waals surface area contributed by atoms with Crippen molar-refractivity contribution in [3.8, 4) is 0 Å². The Morgan fingerprint density at radius 2 is 0.795 bits per heavy atom. The van der Waals surface area contributed by atoms with Crippen LogP contribution < -0.4 is 0 Å². The van der Waals surface area contributed by atoms with E-state index in [9.17, 15) is 9.59 Å². The summed E-state index contributed by atoms with van der Waals surface area (Å²) in [5.74, 6) is -0.659. The third-order valence-corrected chi connectivity index (χ3v) is 8.07. The lowest BCUT2D eigenvalue weighted by atomic mass is 10.0. The Morgan fingerprint density at radius 3 is 1.15 bits per heavy atom. The van der Waals surface area contributed by atoms with Crippen molar-refractivity contribution in [1.29, 1.82) is 0 Å². The van der Waals surface area contributed by atoms with Crippen molar-refractivity contribution in [2.24, 2.45) is 0 Å². The molecule has 0 rings (SSSR count). The summed E-state index contributed by atoms with van der Waals surface area (Å²) in [6, 6.07) is 0. The second-order valence-electron chi connectivity index (χ2n) is 12.2. The minimum Gasteiger partial charge on any atom is -0.481 e. The number of carboxylic acids is 1. The molecule has 0 aliphatic heterocycles. The maximum Gasteiger partial charge on any atom is 0.306 e. The van der Waals surface area contributed by atoms with E-state index in [4.69, 9.17) is 9.84 Å². The molecule has 0 heterocycles. The van der Waals surface area contributed by atoms with Crippen LogP contribution in [-0.4, -0.2) is 23.1 Å². The monoisotopic (exact) mass is 553 g/mol. The Kier molecular flexibility index (Phi) is 30.6. The summed E-state index contributed by atoms with van der Waals surface area (Å²) in [7, 11) is 0. The fraction of sp³-hybridized carbons (Fsp3) is 0.943. The van der Waals surface area contributed by atoms with Crippen molar-refractivity contribution < 1.29 is 19.4 Å². The zero-order valence-corrected chi connectivity index (χ0v) is 26.5. The van der Waals surface area contributed by atoms with Crippen LogP contribution in [0.1, 0.15) is 206 Å². The molecule has 0 radical (unpaired) electrons. The first-order chi connectivity index (χ1) is 19.1. The standard InChI is InChI=1S/C35H68O4/c1-3-4-5-6-7-8-9-17-20-23-26-29-32-35(38)39-33(2)30-27-24-21-18-15-13-11-10-12-14-16-19-22-25-28-31-34(36)37/h33H,3-32H2,1-2H3,(H,36,37). The first-order valence-electron chi connectivity index (χ1n) is 17.5. The number of unbranched alkanes of at least 4 members (excludes halogenated alkanes) is 25. The van der Waals surface area contributed by atoms with Gasteiger partial charge in [0, 0.05) is 12.8 Å². The summed E-state index contributed by atoms with van der Waals surface area (Å²) in [6.07, 6.45) is 36.7. The molecule has 0 bridgehead atoms. The van der Waals surface area contributed by atoms with Crippen molar-refractivity contribution in [2.75, 3.05) is 0 Å². The maximum atomic E-state index is 12.1. The Hall–Kier alpha value is -1.06. The minimum atomic E-state index is -0.664. The van der Waals surface area contributed by atoms with E-state index in [1.54, 1.807) is 0 Å². The van der Waals surface area contributed by atoms with Gasteiger partial charge >= 0.3 is 11.9 Å². The second-order valence-corrected chi connectivity index (χ2v) is 12.2. The van der Waals surface area contributed by atoms with E-state index in [1.807, 2.05) is 0 Å². The fourth-order valence-corrected chi connectivity index (χ4v) is 5.46. The van der Waals surface area contributed by atoms with Gasteiger partial charge in [-0.1, -0.05) is 161 Å². The Morgan fingerprint density at radius 1 is 0.487 bits per heavy atom. The highest BCUT2D eigenvalue weighted by atomic mass is 16.5. The normalized spacial score (nSPS) is 12.1. The summed E-state index contributed by atoms with van der Waals surface area (Å²) in [5, 5.41) is 8.63. The van der Waals surface area contributed by atoms with Crippen LogP contribution in [0.25, 0.3) is 0 Å². The topological polar surface area (TPSA) is 63.6 Å². The van der Waals surface area contributed by atoms with Gasteiger partial charge in [-0.2, -0.15) is 0 Å². The lowest BCUT2D eigenvalue weighted by Gasteiger charge is -2.13. The predicted molar refractivity (Wildman–Crippen MR) is 167 cm³/mol. The van der Waals surface area contributed by atoms with Crippen LogP contribution in [0.3, 0.4) is 0 Å². The van der Waals surface area contributed by atoms with Crippen molar-refractivity contribution in [3.05, 3.63) is 0 Å². The molecule has 0 aromatic rings. The van der Waals surface area contributed by atoms with Crippen LogP contribution in [-0.2, 0) is 14.3 Å². The number of hydrogen-bond donors (Lipinski definition) is 1. The molecule has 232 valence electrons. The van der Waals surface area contributed by atoms with Crippen molar-refractivity contribution in [1.82, 2.24) is 0 Å². The average Bonchev–Trinajstić information content (AvgIpc) is 2.90. The SMILES string of the molecule is CCCCCCCCCCCCCCC(=O)OC(C)CCCCCCCCCCCCCCCCCC(=O)O. The van der Waals surface area contributed by atoms with Crippen LogP contribution in [0.2, 0.25) is 0 Å². The average molecular weight is 553 g/mol. The lowest BCUT2D eigenvalue weighted by Crippen LogP contribution is -2.14. The number of esters is 1. The van der Waals surface area contributed by atoms with Gasteiger partial charge in [0.05, 0.1) is 6.10 Å². The minimum absolute atomic E-state index is 0.00492. The molecular weight excluding hydrogens is 484 g/mol. The van der Waals surface area contributed by atoms with Gasteiger partial charge < -0.3 is 9.84 Å². The maximum absolute atomic E-state index is 12.1. The predicted octanol–water partition coefficient (Wildman–Crippen LogP) is 11.7. The van der Waals surface area contributed by atoms with Crippen molar-refractivity contribution >= 4 is 11.9 Å². The van der Waals surface area contributed by atoms with Gasteiger partial charge in [0.1, 0.15) is 0 Å². The number of rotatable bonds is 32. The molecule has 0 spiro atoms. The number of carbonyl (C=O) groups excluding carboxylic acids is 1. The van der Waals surface area contributed by atoms with E-state index in [1.165, 1.54) is 148 Å². The van der Waals surface area contributed by atoms with Crippen molar-refractivity contribution in [2.45, 2.75) is 213 Å². The molecule has 1 unspecified atom stereocenters. The number of carbonyl (C=O) groups is 2. The third-order valence-electron chi connectivity index (χ3n) is 8.07. The number of ether oxygens (including phenoxy) is 1. The molecular formula is C35H68O4. The van der Waals surface area contributed by atoms with E-state index in [0.717, 1.165) is 32.1 Å². The van der Waals surface area contributed by atoms with Gasteiger partial charge in [0.25, 0.3) is 0 Å². The number of carboxylic acid groups (broad SMARTS) is 1. The van der Waals surface area contributed by atoms with E-state index in [2.05, 4.69) is 13.8 Å². The molecule has 0 fully saturated rings. The molecule has 1 atom stereocenters. The molecule has 0 amide bonds.